The van der Waals surface area contributed by atoms with E-state index in [0.717, 1.165) is 38.4 Å². The first-order valence-electron chi connectivity index (χ1n) is 9.33. The van der Waals surface area contributed by atoms with Crippen molar-refractivity contribution in [2.24, 2.45) is 11.8 Å². The maximum atomic E-state index is 13.4. The van der Waals surface area contributed by atoms with Crippen LogP contribution in [0.2, 0.25) is 0 Å². The van der Waals surface area contributed by atoms with E-state index in [2.05, 4.69) is 46.1 Å². The molecule has 1 amide bonds. The highest BCUT2D eigenvalue weighted by Gasteiger charge is 2.43. The number of carbonyl (C=O) groups excluding carboxylic acids is 1. The Balaban J connectivity index is 1.36. The molecule has 4 aliphatic heterocycles. The minimum absolute atomic E-state index is 0.151. The standard InChI is InChI=1S/C16H22N10O/c27-15(13-6-19-21-14(13)26-10-20-22-23-26)25-8-11-2-3-12(25)9-24(7-11)16-17-4-1-5-18-16/h1,4-5,10-14,19,21H,2-3,6-9H2/t11-,12+,13?,14?/m0/s1. The highest BCUT2D eigenvalue weighted by atomic mass is 16.2. The normalized spacial score (nSPS) is 30.5. The van der Waals surface area contributed by atoms with Crippen LogP contribution in [0.4, 0.5) is 5.95 Å². The van der Waals surface area contributed by atoms with Crippen LogP contribution in [0, 0.1) is 11.8 Å². The Labute approximate surface area is 156 Å². The lowest BCUT2D eigenvalue weighted by Gasteiger charge is -2.38. The first-order valence-corrected chi connectivity index (χ1v) is 9.33. The Bertz CT molecular complexity index is 784. The number of hydrazine groups is 1. The van der Waals surface area contributed by atoms with E-state index in [1.54, 1.807) is 17.1 Å². The van der Waals surface area contributed by atoms with Gasteiger partial charge in [-0.15, -0.1) is 5.10 Å². The number of piperidine rings is 1. The van der Waals surface area contributed by atoms with Crippen molar-refractivity contribution in [3.8, 4) is 0 Å². The second-order valence-electron chi connectivity index (χ2n) is 7.41. The molecule has 27 heavy (non-hydrogen) atoms. The molecule has 6 rings (SSSR count). The highest BCUT2D eigenvalue weighted by molar-refractivity contribution is 5.80. The summed E-state index contributed by atoms with van der Waals surface area (Å²) in [5, 5.41) is 11.3. The second kappa shape index (κ2) is 6.82. The van der Waals surface area contributed by atoms with Crippen molar-refractivity contribution in [3.63, 3.8) is 0 Å². The molecule has 6 heterocycles. The fraction of sp³-hybridized carbons (Fsp3) is 0.625. The molecule has 2 bridgehead atoms. The lowest BCUT2D eigenvalue weighted by molar-refractivity contribution is -0.140. The van der Waals surface area contributed by atoms with Gasteiger partial charge in [-0.3, -0.25) is 10.2 Å². The fourth-order valence-electron chi connectivity index (χ4n) is 4.44. The van der Waals surface area contributed by atoms with Crippen LogP contribution in [0.25, 0.3) is 0 Å². The molecule has 11 nitrogen and oxygen atoms in total. The van der Waals surface area contributed by atoms with Gasteiger partial charge >= 0.3 is 0 Å². The van der Waals surface area contributed by atoms with E-state index in [0.29, 0.717) is 12.5 Å². The predicted molar refractivity (Wildman–Crippen MR) is 94.0 cm³/mol. The molecule has 11 heteroatoms. The summed E-state index contributed by atoms with van der Waals surface area (Å²) in [5.74, 6) is 1.09. The quantitative estimate of drug-likeness (QED) is 0.688. The Morgan fingerprint density at radius 1 is 1.15 bits per heavy atom. The van der Waals surface area contributed by atoms with E-state index in [-0.39, 0.29) is 24.0 Å². The van der Waals surface area contributed by atoms with Crippen LogP contribution in [-0.2, 0) is 4.79 Å². The van der Waals surface area contributed by atoms with Crippen molar-refractivity contribution in [2.45, 2.75) is 25.0 Å². The van der Waals surface area contributed by atoms with Gasteiger partial charge < -0.3 is 9.80 Å². The van der Waals surface area contributed by atoms with Gasteiger partial charge in [0.2, 0.25) is 11.9 Å². The van der Waals surface area contributed by atoms with E-state index in [1.807, 2.05) is 6.07 Å². The van der Waals surface area contributed by atoms with Gasteiger partial charge in [0.15, 0.2) is 0 Å². The Morgan fingerprint density at radius 3 is 2.85 bits per heavy atom. The summed E-state index contributed by atoms with van der Waals surface area (Å²) < 4.78 is 1.60. The van der Waals surface area contributed by atoms with Crippen LogP contribution in [0.15, 0.2) is 24.8 Å². The largest absolute Gasteiger partial charge is 0.338 e. The predicted octanol–water partition coefficient (Wildman–Crippen LogP) is -1.19. The average molecular weight is 370 g/mol. The van der Waals surface area contributed by atoms with Gasteiger partial charge in [-0.1, -0.05) is 0 Å². The average Bonchev–Trinajstić information content (AvgIpc) is 3.33. The van der Waals surface area contributed by atoms with Gasteiger partial charge in [0.1, 0.15) is 12.5 Å². The van der Waals surface area contributed by atoms with Gasteiger partial charge in [-0.25, -0.2) is 20.1 Å². The fourth-order valence-corrected chi connectivity index (χ4v) is 4.44. The zero-order chi connectivity index (χ0) is 18.2. The van der Waals surface area contributed by atoms with Crippen molar-refractivity contribution in [1.29, 1.82) is 0 Å². The second-order valence-corrected chi connectivity index (χ2v) is 7.41. The minimum Gasteiger partial charge on any atom is -0.338 e. The van der Waals surface area contributed by atoms with E-state index < -0.39 is 0 Å². The minimum atomic E-state index is -0.275. The molecule has 4 saturated heterocycles. The third kappa shape index (κ3) is 3.02. The number of aromatic nitrogens is 6. The molecule has 2 unspecified atom stereocenters. The summed E-state index contributed by atoms with van der Waals surface area (Å²) in [6.07, 6.45) is 6.95. The number of hydrogen-bond acceptors (Lipinski definition) is 9. The summed E-state index contributed by atoms with van der Waals surface area (Å²) in [4.78, 5) is 26.5. The summed E-state index contributed by atoms with van der Waals surface area (Å²) in [6, 6.07) is 2.00. The van der Waals surface area contributed by atoms with Crippen molar-refractivity contribution < 1.29 is 4.79 Å². The van der Waals surface area contributed by atoms with Crippen molar-refractivity contribution in [1.82, 2.24) is 45.9 Å². The highest BCUT2D eigenvalue weighted by Crippen LogP contribution is 2.32. The van der Waals surface area contributed by atoms with Crippen LogP contribution in [0.1, 0.15) is 19.0 Å². The summed E-state index contributed by atoms with van der Waals surface area (Å²) in [7, 11) is 0. The van der Waals surface area contributed by atoms with E-state index in [9.17, 15) is 4.79 Å². The number of carbonyl (C=O) groups is 1. The number of anilines is 1. The summed E-state index contributed by atoms with van der Waals surface area (Å²) in [5.41, 5.74) is 6.20. The third-order valence-electron chi connectivity index (χ3n) is 5.75. The van der Waals surface area contributed by atoms with Crippen LogP contribution in [0.5, 0.6) is 0 Å². The van der Waals surface area contributed by atoms with Crippen LogP contribution < -0.4 is 15.8 Å². The lowest BCUT2D eigenvalue weighted by atomic mass is 9.93. The molecule has 0 saturated carbocycles. The number of nitrogens with zero attached hydrogens (tertiary/aromatic N) is 8. The van der Waals surface area contributed by atoms with Crippen LogP contribution in [0.3, 0.4) is 0 Å². The van der Waals surface area contributed by atoms with Gasteiger partial charge in [-0.2, -0.15) is 0 Å². The number of hydrogen-bond donors (Lipinski definition) is 2. The molecular formula is C16H22N10O. The van der Waals surface area contributed by atoms with Gasteiger partial charge in [0, 0.05) is 44.6 Å². The molecule has 4 atom stereocenters. The Hall–Kier alpha value is -2.66. The molecule has 0 radical (unpaired) electrons. The molecule has 4 aliphatic rings. The maximum absolute atomic E-state index is 13.4. The number of amides is 1. The van der Waals surface area contributed by atoms with Crippen molar-refractivity contribution in [3.05, 3.63) is 24.8 Å². The number of fused-ring (bicyclic) bond motifs is 4. The molecule has 142 valence electrons. The third-order valence-corrected chi connectivity index (χ3v) is 5.75. The first-order chi connectivity index (χ1) is 13.3. The SMILES string of the molecule is O=C(C1CNNC1n1cnnn1)N1C[C@H]2CC[C@@H]1CN(c1ncccn1)C2. The summed E-state index contributed by atoms with van der Waals surface area (Å²) >= 11 is 0. The van der Waals surface area contributed by atoms with Crippen molar-refractivity contribution >= 4 is 11.9 Å². The lowest BCUT2D eigenvalue weighted by Crippen LogP contribution is -2.51. The van der Waals surface area contributed by atoms with Gasteiger partial charge in [0.25, 0.3) is 0 Å². The molecular weight excluding hydrogens is 348 g/mol. The molecule has 2 aromatic heterocycles. The maximum Gasteiger partial charge on any atom is 0.230 e. The zero-order valence-electron chi connectivity index (χ0n) is 14.8. The smallest absolute Gasteiger partial charge is 0.230 e. The van der Waals surface area contributed by atoms with E-state index >= 15 is 0 Å². The van der Waals surface area contributed by atoms with Crippen LogP contribution in [-0.4, -0.2) is 73.2 Å². The van der Waals surface area contributed by atoms with Gasteiger partial charge in [0.05, 0.1) is 5.92 Å². The van der Waals surface area contributed by atoms with Crippen LogP contribution >= 0.6 is 0 Å². The molecule has 0 spiro atoms. The number of tetrazole rings is 1. The monoisotopic (exact) mass is 370 g/mol. The number of rotatable bonds is 3. The Morgan fingerprint density at radius 2 is 2.04 bits per heavy atom. The van der Waals surface area contributed by atoms with E-state index in [1.165, 1.54) is 6.33 Å². The Kier molecular flexibility index (Phi) is 4.17. The number of nitrogens with one attached hydrogen (secondary N) is 2. The molecule has 2 aromatic rings. The zero-order valence-corrected chi connectivity index (χ0v) is 14.8. The van der Waals surface area contributed by atoms with Crippen molar-refractivity contribution in [2.75, 3.05) is 31.1 Å². The summed E-state index contributed by atoms with van der Waals surface area (Å²) in [6.45, 7) is 3.01. The molecule has 0 aromatic carbocycles. The van der Waals surface area contributed by atoms with E-state index in [4.69, 9.17) is 0 Å². The first kappa shape index (κ1) is 16.5. The van der Waals surface area contributed by atoms with Gasteiger partial charge in [-0.05, 0) is 35.3 Å². The molecule has 0 aliphatic carbocycles. The molecule has 4 fully saturated rings. The molecule has 2 N–H and O–H groups in total. The topological polar surface area (TPSA) is 117 Å².